The third-order valence-corrected chi connectivity index (χ3v) is 6.38. The van der Waals surface area contributed by atoms with E-state index in [2.05, 4.69) is 25.6 Å². The van der Waals surface area contributed by atoms with Gasteiger partial charge in [0.2, 0.25) is 0 Å². The van der Waals surface area contributed by atoms with Crippen LogP contribution < -0.4 is 16.4 Å². The van der Waals surface area contributed by atoms with Crippen molar-refractivity contribution in [1.82, 2.24) is 19.5 Å². The molecule has 0 spiro atoms. The molecule has 2 amide bonds. The number of carbonyl (C=O) groups is 1. The lowest BCUT2D eigenvalue weighted by Crippen LogP contribution is -2.36. The Morgan fingerprint density at radius 2 is 2.00 bits per heavy atom. The Balaban J connectivity index is 1.48. The molecule has 5 N–H and O–H groups in total. The molecule has 0 unspecified atom stereocenters. The van der Waals surface area contributed by atoms with Gasteiger partial charge in [0.15, 0.2) is 5.82 Å². The first kappa shape index (κ1) is 24.6. The van der Waals surface area contributed by atoms with Crippen LogP contribution in [-0.2, 0) is 17.9 Å². The van der Waals surface area contributed by atoms with Crippen molar-refractivity contribution >= 4 is 28.7 Å². The minimum atomic E-state index is -0.634. The number of nitrogen functional groups attached to an aromatic ring is 1. The lowest BCUT2D eigenvalue weighted by molar-refractivity contribution is 0.0331. The molecule has 3 heterocycles. The van der Waals surface area contributed by atoms with Gasteiger partial charge in [-0.2, -0.15) is 5.10 Å². The Morgan fingerprint density at radius 1 is 1.19 bits per heavy atom. The predicted molar refractivity (Wildman–Crippen MR) is 139 cm³/mol. The predicted octanol–water partition coefficient (Wildman–Crippen LogP) is 3.39. The third kappa shape index (κ3) is 5.10. The number of nitrogens with two attached hydrogens (primary N) is 1. The van der Waals surface area contributed by atoms with Crippen molar-refractivity contribution in [3.63, 3.8) is 0 Å². The number of rotatable bonds is 6. The second-order valence-electron chi connectivity index (χ2n) is 8.90. The van der Waals surface area contributed by atoms with Gasteiger partial charge in [0.25, 0.3) is 0 Å². The molecule has 4 aromatic rings. The molecule has 0 aliphatic carbocycles. The molecule has 1 fully saturated rings. The Hall–Kier alpha value is -4.06. The maximum Gasteiger partial charge on any atom is 0.323 e. The van der Waals surface area contributed by atoms with Gasteiger partial charge < -0.3 is 26.2 Å². The van der Waals surface area contributed by atoms with E-state index in [0.29, 0.717) is 47.7 Å². The van der Waals surface area contributed by atoms with Crippen LogP contribution in [0.4, 0.5) is 26.4 Å². The number of aryl methyl sites for hydroxylation is 1. The van der Waals surface area contributed by atoms with E-state index in [1.165, 1.54) is 18.5 Å². The molecule has 1 aliphatic rings. The fraction of sp³-hybridized carbons (Fsp3) is 0.269. The van der Waals surface area contributed by atoms with Crippen molar-refractivity contribution in [2.24, 2.45) is 0 Å². The van der Waals surface area contributed by atoms with Gasteiger partial charge in [0.05, 0.1) is 31.2 Å². The van der Waals surface area contributed by atoms with Gasteiger partial charge in [-0.15, -0.1) is 0 Å². The number of aliphatic hydroxyl groups excluding tert-OH is 1. The number of hydrogen-bond donors (Lipinski definition) is 4. The van der Waals surface area contributed by atoms with Gasteiger partial charge in [-0.1, -0.05) is 18.2 Å². The average Bonchev–Trinajstić information content (AvgIpc) is 3.20. The van der Waals surface area contributed by atoms with Gasteiger partial charge in [-0.25, -0.2) is 18.7 Å². The van der Waals surface area contributed by atoms with Gasteiger partial charge in [-0.05, 0) is 42.3 Å². The molecular formula is C26H28FN7O3. The molecule has 10 nitrogen and oxygen atoms in total. The normalized spacial score (nSPS) is 14.1. The molecule has 11 heteroatoms. The quantitative estimate of drug-likeness (QED) is 0.316. The van der Waals surface area contributed by atoms with Gasteiger partial charge in [-0.3, -0.25) is 4.90 Å². The zero-order valence-electron chi connectivity index (χ0n) is 20.4. The zero-order valence-corrected chi connectivity index (χ0v) is 20.4. The number of nitrogens with one attached hydrogen (secondary N) is 2. The summed E-state index contributed by atoms with van der Waals surface area (Å²) in [7, 11) is 0. The summed E-state index contributed by atoms with van der Waals surface area (Å²) in [4.78, 5) is 18.8. The summed E-state index contributed by atoms with van der Waals surface area (Å²) >= 11 is 0. The van der Waals surface area contributed by atoms with Crippen molar-refractivity contribution in [3.05, 3.63) is 71.4 Å². The topological polar surface area (TPSA) is 130 Å². The van der Waals surface area contributed by atoms with Crippen molar-refractivity contribution < 1.29 is 19.0 Å². The fourth-order valence-corrected chi connectivity index (χ4v) is 4.61. The number of morpholine rings is 1. The van der Waals surface area contributed by atoms with E-state index in [-0.39, 0.29) is 18.1 Å². The number of amides is 2. The van der Waals surface area contributed by atoms with Crippen LogP contribution >= 0.6 is 0 Å². The minimum absolute atomic E-state index is 0.0146. The van der Waals surface area contributed by atoms with Crippen molar-refractivity contribution in [3.8, 4) is 11.1 Å². The number of fused-ring (bicyclic) bond motifs is 1. The Morgan fingerprint density at radius 3 is 2.73 bits per heavy atom. The molecule has 37 heavy (non-hydrogen) atoms. The number of ether oxygens (including phenoxy) is 1. The summed E-state index contributed by atoms with van der Waals surface area (Å²) in [5, 5.41) is 20.0. The van der Waals surface area contributed by atoms with Crippen LogP contribution in [0.25, 0.3) is 16.6 Å². The smallest absolute Gasteiger partial charge is 0.323 e. The van der Waals surface area contributed by atoms with E-state index in [1.807, 2.05) is 25.1 Å². The highest BCUT2D eigenvalue weighted by Crippen LogP contribution is 2.37. The van der Waals surface area contributed by atoms with Crippen molar-refractivity contribution in [2.75, 3.05) is 42.7 Å². The number of urea groups is 1. The van der Waals surface area contributed by atoms with Crippen molar-refractivity contribution in [2.45, 2.75) is 20.1 Å². The molecule has 192 valence electrons. The number of carbonyl (C=O) groups excluding carboxylic acids is 1. The number of anilines is 3. The molecule has 2 aromatic heterocycles. The molecule has 0 saturated carbocycles. The highest BCUT2D eigenvalue weighted by Gasteiger charge is 2.25. The summed E-state index contributed by atoms with van der Waals surface area (Å²) in [6, 6.07) is 11.2. The van der Waals surface area contributed by atoms with Crippen LogP contribution in [0.2, 0.25) is 0 Å². The van der Waals surface area contributed by atoms with Crippen LogP contribution in [0, 0.1) is 12.7 Å². The Bertz CT molecular complexity index is 1450. The van der Waals surface area contributed by atoms with Gasteiger partial charge in [0, 0.05) is 36.4 Å². The first-order valence-corrected chi connectivity index (χ1v) is 11.9. The van der Waals surface area contributed by atoms with Crippen LogP contribution in [0.1, 0.15) is 16.8 Å². The molecule has 1 saturated heterocycles. The van der Waals surface area contributed by atoms with Crippen LogP contribution in [0.3, 0.4) is 0 Å². The van der Waals surface area contributed by atoms with E-state index >= 15 is 4.39 Å². The molecule has 5 rings (SSSR count). The lowest BCUT2D eigenvalue weighted by atomic mass is 10.0. The third-order valence-electron chi connectivity index (χ3n) is 6.38. The molecule has 0 radical (unpaired) electrons. The number of aliphatic hydroxyl groups is 1. The van der Waals surface area contributed by atoms with E-state index in [9.17, 15) is 9.90 Å². The minimum Gasteiger partial charge on any atom is -0.392 e. The molecular weight excluding hydrogens is 477 g/mol. The van der Waals surface area contributed by atoms with Crippen LogP contribution in [0.5, 0.6) is 0 Å². The van der Waals surface area contributed by atoms with Gasteiger partial charge in [0.1, 0.15) is 17.7 Å². The maximum absolute atomic E-state index is 15.2. The summed E-state index contributed by atoms with van der Waals surface area (Å²) in [5.41, 5.74) is 10.7. The summed E-state index contributed by atoms with van der Waals surface area (Å²) < 4.78 is 22.3. The standard InChI is InChI=1S/C26H28FN7O3/c1-16-3-2-4-18(11-16)31-26(36)32-21-6-5-17(12-20(21)27)23-19(14-35)22(13-33-7-9-37-10-8-33)34-24(23)25(28)29-15-30-34/h2-6,11-12,15,35H,7-10,13-14H2,1H3,(H2,28,29,30)(H2,31,32,36). The second kappa shape index (κ2) is 10.5. The highest BCUT2D eigenvalue weighted by atomic mass is 19.1. The number of halogens is 1. The number of hydrogen-bond acceptors (Lipinski definition) is 7. The van der Waals surface area contributed by atoms with E-state index in [1.54, 1.807) is 16.6 Å². The SMILES string of the molecule is Cc1cccc(NC(=O)Nc2ccc(-c3c(CO)c(CN4CCOCC4)n4ncnc(N)c34)cc2F)c1. The lowest BCUT2D eigenvalue weighted by Gasteiger charge is -2.26. The average molecular weight is 506 g/mol. The second-order valence-corrected chi connectivity index (χ2v) is 8.90. The number of aromatic nitrogens is 3. The fourth-order valence-electron chi connectivity index (χ4n) is 4.61. The largest absolute Gasteiger partial charge is 0.392 e. The van der Waals surface area contributed by atoms with E-state index in [4.69, 9.17) is 10.5 Å². The monoisotopic (exact) mass is 505 g/mol. The zero-order chi connectivity index (χ0) is 25.9. The summed E-state index contributed by atoms with van der Waals surface area (Å²) in [5.74, 6) is -0.418. The van der Waals surface area contributed by atoms with E-state index < -0.39 is 11.8 Å². The molecule has 1 aliphatic heterocycles. The van der Waals surface area contributed by atoms with Crippen molar-refractivity contribution in [1.29, 1.82) is 0 Å². The Labute approximate surface area is 212 Å². The summed E-state index contributed by atoms with van der Waals surface area (Å²) in [6.07, 6.45) is 1.36. The van der Waals surface area contributed by atoms with Crippen LogP contribution in [0.15, 0.2) is 48.8 Å². The van der Waals surface area contributed by atoms with Gasteiger partial charge >= 0.3 is 6.03 Å². The first-order chi connectivity index (χ1) is 17.9. The first-order valence-electron chi connectivity index (χ1n) is 11.9. The molecule has 2 aromatic carbocycles. The molecule has 0 bridgehead atoms. The summed E-state index contributed by atoms with van der Waals surface area (Å²) in [6.45, 7) is 4.87. The number of benzene rings is 2. The maximum atomic E-state index is 15.2. The molecule has 0 atom stereocenters. The Kier molecular flexibility index (Phi) is 6.99. The number of nitrogens with zero attached hydrogens (tertiary/aromatic N) is 4. The van der Waals surface area contributed by atoms with Crippen LogP contribution in [-0.4, -0.2) is 56.9 Å². The van der Waals surface area contributed by atoms with E-state index in [0.717, 1.165) is 24.3 Å². The highest BCUT2D eigenvalue weighted by molar-refractivity contribution is 6.00.